The van der Waals surface area contributed by atoms with Crippen molar-refractivity contribution in [1.29, 1.82) is 0 Å². The summed E-state index contributed by atoms with van der Waals surface area (Å²) < 4.78 is 36.8. The molecule has 1 aromatic carbocycles. The molecule has 3 nitrogen and oxygen atoms in total. The fourth-order valence-electron chi connectivity index (χ4n) is 1.16. The summed E-state index contributed by atoms with van der Waals surface area (Å²) in [6.07, 6.45) is -4.34. The summed E-state index contributed by atoms with van der Waals surface area (Å²) in [6.45, 7) is 1.70. The number of benzene rings is 1. The second-order valence-electron chi connectivity index (χ2n) is 3.70. The lowest BCUT2D eigenvalue weighted by Crippen LogP contribution is -2.37. The lowest BCUT2D eigenvalue weighted by Gasteiger charge is -2.09. The first kappa shape index (κ1) is 13.5. The zero-order chi connectivity index (χ0) is 13.1. The number of halogens is 3. The number of nitrogens with two attached hydrogens (primary N) is 1. The van der Waals surface area contributed by atoms with Crippen LogP contribution in [0.5, 0.6) is 0 Å². The van der Waals surface area contributed by atoms with Crippen molar-refractivity contribution in [3.8, 4) is 0 Å². The Hall–Kier alpha value is -1.56. The fraction of sp³-hybridized carbons (Fsp3) is 0.364. The van der Waals surface area contributed by atoms with E-state index < -0.39 is 17.8 Å². The fourth-order valence-corrected chi connectivity index (χ4v) is 1.16. The molecule has 0 heterocycles. The standard InChI is InChI=1S/C11H13F3N2O/c1-7(15)10(17)16-6-8-2-4-9(5-3-8)11(12,13)14/h2-5,7H,6,15H2,1H3,(H,16,17)/t7-/m0/s1. The molecule has 1 amide bonds. The van der Waals surface area contributed by atoms with E-state index in [0.29, 0.717) is 5.56 Å². The minimum absolute atomic E-state index is 0.165. The first-order valence-electron chi connectivity index (χ1n) is 5.00. The molecule has 17 heavy (non-hydrogen) atoms. The Morgan fingerprint density at radius 3 is 2.29 bits per heavy atom. The van der Waals surface area contributed by atoms with Crippen LogP contribution in [0.1, 0.15) is 18.1 Å². The van der Waals surface area contributed by atoms with Gasteiger partial charge in [-0.2, -0.15) is 13.2 Å². The molecule has 0 spiro atoms. The molecular weight excluding hydrogens is 233 g/mol. The smallest absolute Gasteiger partial charge is 0.351 e. The lowest BCUT2D eigenvalue weighted by molar-refractivity contribution is -0.137. The average Bonchev–Trinajstić information content (AvgIpc) is 2.25. The van der Waals surface area contributed by atoms with Crippen molar-refractivity contribution < 1.29 is 18.0 Å². The lowest BCUT2D eigenvalue weighted by atomic mass is 10.1. The molecule has 0 unspecified atom stereocenters. The molecule has 0 saturated carbocycles. The van der Waals surface area contributed by atoms with E-state index in [2.05, 4.69) is 5.32 Å². The van der Waals surface area contributed by atoms with Gasteiger partial charge in [-0.1, -0.05) is 12.1 Å². The van der Waals surface area contributed by atoms with Gasteiger partial charge in [0.25, 0.3) is 0 Å². The summed E-state index contributed by atoms with van der Waals surface area (Å²) in [7, 11) is 0. The number of carbonyl (C=O) groups excluding carboxylic acids is 1. The first-order chi connectivity index (χ1) is 7.80. The van der Waals surface area contributed by atoms with E-state index in [9.17, 15) is 18.0 Å². The summed E-state index contributed by atoms with van der Waals surface area (Å²) in [4.78, 5) is 11.1. The van der Waals surface area contributed by atoms with Crippen LogP contribution in [0.15, 0.2) is 24.3 Å². The van der Waals surface area contributed by atoms with E-state index in [4.69, 9.17) is 5.73 Å². The molecule has 0 aliphatic carbocycles. The number of hydrogen-bond donors (Lipinski definition) is 2. The largest absolute Gasteiger partial charge is 0.416 e. The number of rotatable bonds is 3. The van der Waals surface area contributed by atoms with E-state index in [1.165, 1.54) is 19.1 Å². The van der Waals surface area contributed by atoms with Gasteiger partial charge in [0, 0.05) is 6.54 Å². The summed E-state index contributed by atoms with van der Waals surface area (Å²) in [5, 5.41) is 2.51. The Morgan fingerprint density at radius 1 is 1.35 bits per heavy atom. The maximum atomic E-state index is 12.3. The highest BCUT2D eigenvalue weighted by Gasteiger charge is 2.29. The van der Waals surface area contributed by atoms with Crippen molar-refractivity contribution in [1.82, 2.24) is 5.32 Å². The van der Waals surface area contributed by atoms with Gasteiger partial charge in [-0.3, -0.25) is 4.79 Å². The van der Waals surface area contributed by atoms with Gasteiger partial charge in [-0.25, -0.2) is 0 Å². The van der Waals surface area contributed by atoms with Gasteiger partial charge in [0.15, 0.2) is 0 Å². The van der Waals surface area contributed by atoms with E-state index in [-0.39, 0.29) is 12.5 Å². The molecule has 1 aromatic rings. The second kappa shape index (κ2) is 5.18. The molecule has 0 aliphatic rings. The Labute approximate surface area is 96.8 Å². The summed E-state index contributed by atoms with van der Waals surface area (Å²) in [5.74, 6) is -0.343. The highest BCUT2D eigenvalue weighted by atomic mass is 19.4. The van der Waals surface area contributed by atoms with Gasteiger partial charge in [0.2, 0.25) is 5.91 Å². The molecule has 3 N–H and O–H groups in total. The maximum Gasteiger partial charge on any atom is 0.416 e. The SMILES string of the molecule is C[C@H](N)C(=O)NCc1ccc(C(F)(F)F)cc1. The van der Waals surface area contributed by atoms with Crippen molar-refractivity contribution in [2.45, 2.75) is 25.7 Å². The van der Waals surface area contributed by atoms with Crippen molar-refractivity contribution in [2.24, 2.45) is 5.73 Å². The molecule has 1 atom stereocenters. The Bertz CT molecular complexity index is 385. The summed E-state index contributed by atoms with van der Waals surface area (Å²) in [5.41, 5.74) is 5.20. The van der Waals surface area contributed by atoms with E-state index >= 15 is 0 Å². The molecule has 94 valence electrons. The maximum absolute atomic E-state index is 12.3. The molecular formula is C11H13F3N2O. The third-order valence-electron chi connectivity index (χ3n) is 2.16. The molecule has 0 aliphatic heterocycles. The topological polar surface area (TPSA) is 55.1 Å². The van der Waals surface area contributed by atoms with Gasteiger partial charge in [-0.15, -0.1) is 0 Å². The number of amides is 1. The molecule has 1 rings (SSSR count). The highest BCUT2D eigenvalue weighted by Crippen LogP contribution is 2.28. The normalized spacial score (nSPS) is 13.2. The predicted octanol–water partition coefficient (Wildman–Crippen LogP) is 1.67. The Kier molecular flexibility index (Phi) is 4.11. The van der Waals surface area contributed by atoms with E-state index in [1.54, 1.807) is 0 Å². The Balaban J connectivity index is 2.61. The third kappa shape index (κ3) is 4.07. The Morgan fingerprint density at radius 2 is 1.88 bits per heavy atom. The van der Waals surface area contributed by atoms with Crippen LogP contribution in [0, 0.1) is 0 Å². The summed E-state index contributed by atoms with van der Waals surface area (Å²) >= 11 is 0. The van der Waals surface area contributed by atoms with E-state index in [0.717, 1.165) is 12.1 Å². The van der Waals surface area contributed by atoms with Crippen LogP contribution in [0.4, 0.5) is 13.2 Å². The van der Waals surface area contributed by atoms with Gasteiger partial charge >= 0.3 is 6.18 Å². The van der Waals surface area contributed by atoms with Gasteiger partial charge in [0.05, 0.1) is 11.6 Å². The van der Waals surface area contributed by atoms with E-state index in [1.807, 2.05) is 0 Å². The first-order valence-corrected chi connectivity index (χ1v) is 5.00. The van der Waals surface area contributed by atoms with Crippen LogP contribution < -0.4 is 11.1 Å². The molecule has 0 bridgehead atoms. The third-order valence-corrected chi connectivity index (χ3v) is 2.16. The minimum Gasteiger partial charge on any atom is -0.351 e. The molecule has 0 saturated heterocycles. The van der Waals surface area contributed by atoms with Crippen LogP contribution in [0.25, 0.3) is 0 Å². The van der Waals surface area contributed by atoms with Gasteiger partial charge in [-0.05, 0) is 24.6 Å². The molecule has 6 heteroatoms. The van der Waals surface area contributed by atoms with Crippen molar-refractivity contribution in [3.05, 3.63) is 35.4 Å². The predicted molar refractivity (Wildman–Crippen MR) is 56.9 cm³/mol. The van der Waals surface area contributed by atoms with Gasteiger partial charge < -0.3 is 11.1 Å². The minimum atomic E-state index is -4.34. The van der Waals surface area contributed by atoms with Crippen LogP contribution in [0.2, 0.25) is 0 Å². The number of nitrogens with one attached hydrogen (secondary N) is 1. The number of alkyl halides is 3. The molecule has 0 radical (unpaired) electrons. The van der Waals surface area contributed by atoms with Crippen LogP contribution in [-0.4, -0.2) is 11.9 Å². The van der Waals surface area contributed by atoms with Gasteiger partial charge in [0.1, 0.15) is 0 Å². The number of carbonyl (C=O) groups is 1. The monoisotopic (exact) mass is 246 g/mol. The van der Waals surface area contributed by atoms with Crippen LogP contribution in [0.3, 0.4) is 0 Å². The molecule has 0 fully saturated rings. The molecule has 0 aromatic heterocycles. The van der Waals surface area contributed by atoms with Crippen molar-refractivity contribution in [2.75, 3.05) is 0 Å². The highest BCUT2D eigenvalue weighted by molar-refractivity contribution is 5.80. The van der Waals surface area contributed by atoms with Crippen LogP contribution >= 0.6 is 0 Å². The zero-order valence-electron chi connectivity index (χ0n) is 9.21. The van der Waals surface area contributed by atoms with Crippen molar-refractivity contribution in [3.63, 3.8) is 0 Å². The quantitative estimate of drug-likeness (QED) is 0.852. The average molecular weight is 246 g/mol. The second-order valence-corrected chi connectivity index (χ2v) is 3.70. The van der Waals surface area contributed by atoms with Crippen molar-refractivity contribution >= 4 is 5.91 Å². The van der Waals surface area contributed by atoms with Crippen LogP contribution in [-0.2, 0) is 17.5 Å². The number of hydrogen-bond acceptors (Lipinski definition) is 2. The summed E-state index contributed by atoms with van der Waals surface area (Å²) in [6, 6.07) is 3.97. The zero-order valence-corrected chi connectivity index (χ0v) is 9.21.